The van der Waals surface area contributed by atoms with Gasteiger partial charge in [-0.05, 0) is 83.5 Å². The van der Waals surface area contributed by atoms with Gasteiger partial charge in [0.1, 0.15) is 30.5 Å². The molecule has 1 rings (SSSR count). The Morgan fingerprint density at radius 1 is 0.591 bits per heavy atom. The minimum atomic E-state index is -5.07. The summed E-state index contributed by atoms with van der Waals surface area (Å²) >= 11 is 0. The third-order valence-corrected chi connectivity index (χ3v) is 11.8. The Kier molecular flexibility index (Phi) is 40.8. The van der Waals surface area contributed by atoms with Gasteiger partial charge in [0.15, 0.2) is 6.29 Å². The van der Waals surface area contributed by atoms with E-state index < -0.39 is 59.8 Å². The topological polar surface area (TPSA) is 178 Å². The van der Waals surface area contributed by atoms with E-state index in [1.54, 1.807) is 0 Å². The standard InChI is InChI=1S/C53H92O12S/c1-3-5-7-9-11-13-15-17-19-21-22-23-24-25-26-27-28-30-32-34-36-38-40-42-49(55)63-47(46-62-53-51(57)52(65-66(58,59)60)50(56)48(44-54)64-53)45-61-43-41-39-37-35-33-31-29-20-18-16-14-12-10-8-6-4-2/h6,8,12,14-15,17-18,20-22,24-25,47-48,50-54,56-57H,3-5,7,9-11,13,16,19,23,26-46H2,1-2H3,(H,58,59,60)/b8-6-,14-12-,17-15-,20-18-,22-21-,25-24-. The molecule has 0 spiro atoms. The lowest BCUT2D eigenvalue weighted by Gasteiger charge is -2.41. The van der Waals surface area contributed by atoms with Gasteiger partial charge in [0, 0.05) is 13.0 Å². The predicted molar refractivity (Wildman–Crippen MR) is 266 cm³/mol. The van der Waals surface area contributed by atoms with E-state index in [-0.39, 0.29) is 19.6 Å². The maximum Gasteiger partial charge on any atom is 0.397 e. The first-order valence-electron chi connectivity index (χ1n) is 25.7. The maximum absolute atomic E-state index is 12.9. The van der Waals surface area contributed by atoms with E-state index in [1.807, 2.05) is 0 Å². The number of hydrogen-bond donors (Lipinski definition) is 4. The molecule has 12 nitrogen and oxygen atoms in total. The molecule has 1 aliphatic heterocycles. The molecule has 0 radical (unpaired) electrons. The Morgan fingerprint density at radius 2 is 1.05 bits per heavy atom. The molecule has 0 saturated carbocycles. The number of hydrogen-bond acceptors (Lipinski definition) is 11. The number of rotatable bonds is 44. The minimum absolute atomic E-state index is 0.0204. The number of aliphatic hydroxyl groups excluding tert-OH is 3. The summed E-state index contributed by atoms with van der Waals surface area (Å²) in [5, 5.41) is 30.7. The third-order valence-electron chi connectivity index (χ3n) is 11.3. The smallest absolute Gasteiger partial charge is 0.397 e. The number of allylic oxidation sites excluding steroid dienone is 12. The quantitative estimate of drug-likeness (QED) is 0.0197. The fourth-order valence-electron chi connectivity index (χ4n) is 7.46. The van der Waals surface area contributed by atoms with Gasteiger partial charge in [-0.3, -0.25) is 9.35 Å². The van der Waals surface area contributed by atoms with Gasteiger partial charge in [0.05, 0.1) is 19.8 Å². The van der Waals surface area contributed by atoms with Crippen LogP contribution >= 0.6 is 0 Å². The van der Waals surface area contributed by atoms with Crippen LogP contribution in [0.1, 0.15) is 194 Å². The first-order chi connectivity index (χ1) is 32.1. The van der Waals surface area contributed by atoms with Crippen molar-refractivity contribution in [3.63, 3.8) is 0 Å². The zero-order valence-electron chi connectivity index (χ0n) is 41.0. The Hall–Kier alpha value is -2.46. The zero-order chi connectivity index (χ0) is 48.2. The molecule has 1 aliphatic rings. The lowest BCUT2D eigenvalue weighted by Crippen LogP contribution is -2.60. The summed E-state index contributed by atoms with van der Waals surface area (Å²) in [6.45, 7) is 3.83. The van der Waals surface area contributed by atoms with E-state index in [0.29, 0.717) is 13.0 Å². The highest BCUT2D eigenvalue weighted by atomic mass is 32.3. The second-order valence-corrected chi connectivity index (χ2v) is 18.4. The molecule has 0 aromatic heterocycles. The van der Waals surface area contributed by atoms with Crippen molar-refractivity contribution in [2.45, 2.75) is 230 Å². The van der Waals surface area contributed by atoms with Crippen LogP contribution in [0.25, 0.3) is 0 Å². The Labute approximate surface area is 401 Å². The van der Waals surface area contributed by atoms with Gasteiger partial charge < -0.3 is 34.3 Å². The van der Waals surface area contributed by atoms with Crippen LogP contribution in [-0.4, -0.2) is 97.5 Å². The monoisotopic (exact) mass is 953 g/mol. The van der Waals surface area contributed by atoms with Crippen LogP contribution in [0.3, 0.4) is 0 Å². The molecule has 382 valence electrons. The second-order valence-electron chi connectivity index (χ2n) is 17.4. The lowest BCUT2D eigenvalue weighted by atomic mass is 9.99. The van der Waals surface area contributed by atoms with Crippen molar-refractivity contribution in [3.05, 3.63) is 72.9 Å². The number of carbonyl (C=O) groups excluding carboxylic acids is 1. The molecule has 1 saturated heterocycles. The van der Waals surface area contributed by atoms with E-state index in [0.717, 1.165) is 96.3 Å². The van der Waals surface area contributed by atoms with E-state index in [4.69, 9.17) is 18.9 Å². The van der Waals surface area contributed by atoms with Gasteiger partial charge in [0.25, 0.3) is 0 Å². The highest BCUT2D eigenvalue weighted by molar-refractivity contribution is 7.80. The van der Waals surface area contributed by atoms with Gasteiger partial charge in [-0.2, -0.15) is 8.42 Å². The molecule has 0 aliphatic carbocycles. The first kappa shape index (κ1) is 61.6. The second kappa shape index (κ2) is 43.8. The van der Waals surface area contributed by atoms with Crippen molar-refractivity contribution in [3.8, 4) is 0 Å². The van der Waals surface area contributed by atoms with Crippen molar-refractivity contribution in [2.24, 2.45) is 0 Å². The molecular weight excluding hydrogens is 861 g/mol. The van der Waals surface area contributed by atoms with E-state index in [1.165, 1.54) is 70.6 Å². The van der Waals surface area contributed by atoms with Crippen molar-refractivity contribution < 1.29 is 56.2 Å². The van der Waals surface area contributed by atoms with Crippen molar-refractivity contribution >= 4 is 16.4 Å². The van der Waals surface area contributed by atoms with Gasteiger partial charge >= 0.3 is 16.4 Å². The maximum atomic E-state index is 12.9. The summed E-state index contributed by atoms with van der Waals surface area (Å²) in [5.74, 6) is -0.413. The highest BCUT2D eigenvalue weighted by Crippen LogP contribution is 2.26. The Balaban J connectivity index is 2.37. The van der Waals surface area contributed by atoms with Crippen LogP contribution in [-0.2, 0) is 38.3 Å². The van der Waals surface area contributed by atoms with Crippen LogP contribution in [0.15, 0.2) is 72.9 Å². The van der Waals surface area contributed by atoms with Crippen LogP contribution in [0.5, 0.6) is 0 Å². The number of carbonyl (C=O) groups is 1. The number of unbranched alkanes of at least 4 members (excludes halogenated alkanes) is 19. The normalized spacial score (nSPS) is 20.1. The molecule has 0 aromatic rings. The average molecular weight is 953 g/mol. The van der Waals surface area contributed by atoms with Crippen molar-refractivity contribution in [1.82, 2.24) is 0 Å². The fourth-order valence-corrected chi connectivity index (χ4v) is 7.97. The molecule has 66 heavy (non-hydrogen) atoms. The highest BCUT2D eigenvalue weighted by Gasteiger charge is 2.48. The molecule has 4 N–H and O–H groups in total. The van der Waals surface area contributed by atoms with Gasteiger partial charge in [-0.15, -0.1) is 0 Å². The molecule has 13 heteroatoms. The first-order valence-corrected chi connectivity index (χ1v) is 27.1. The van der Waals surface area contributed by atoms with Crippen molar-refractivity contribution in [2.75, 3.05) is 26.4 Å². The third kappa shape index (κ3) is 36.6. The molecule has 0 aromatic carbocycles. The minimum Gasteiger partial charge on any atom is -0.457 e. The summed E-state index contributed by atoms with van der Waals surface area (Å²) in [7, 11) is -5.07. The van der Waals surface area contributed by atoms with E-state index in [9.17, 15) is 33.1 Å². The molecule has 1 fully saturated rings. The van der Waals surface area contributed by atoms with Crippen LogP contribution in [0.4, 0.5) is 0 Å². The Morgan fingerprint density at radius 3 is 1.53 bits per heavy atom. The fraction of sp³-hybridized carbons (Fsp3) is 0.755. The number of aliphatic hydroxyl groups is 3. The summed E-state index contributed by atoms with van der Waals surface area (Å²) < 4.78 is 59.2. The molecule has 6 unspecified atom stereocenters. The van der Waals surface area contributed by atoms with E-state index in [2.05, 4.69) is 90.9 Å². The lowest BCUT2D eigenvalue weighted by molar-refractivity contribution is -0.301. The summed E-state index contributed by atoms with van der Waals surface area (Å²) in [6.07, 6.45) is 47.9. The van der Waals surface area contributed by atoms with Gasteiger partial charge in [0.2, 0.25) is 0 Å². The van der Waals surface area contributed by atoms with Crippen LogP contribution < -0.4 is 0 Å². The SMILES string of the molecule is CC/C=C\C/C=C\C/C=C\CCCCCCCCOCC(COC1OC(CO)C(O)C(OS(=O)(=O)O)C1O)OC(=O)CCCCCCCCCC/C=C\C/C=C\C/C=C\CCCCCCC. The Bertz CT molecular complexity index is 1420. The summed E-state index contributed by atoms with van der Waals surface area (Å²) in [5.41, 5.74) is 0. The predicted octanol–water partition coefficient (Wildman–Crippen LogP) is 11.9. The molecular formula is C53H92O12S. The van der Waals surface area contributed by atoms with Crippen LogP contribution in [0.2, 0.25) is 0 Å². The van der Waals surface area contributed by atoms with Crippen LogP contribution in [0, 0.1) is 0 Å². The average Bonchev–Trinajstić information content (AvgIpc) is 3.29. The summed E-state index contributed by atoms with van der Waals surface area (Å²) in [6, 6.07) is 0. The van der Waals surface area contributed by atoms with Gasteiger partial charge in [-0.25, -0.2) is 4.18 Å². The molecule has 0 amide bonds. The number of esters is 1. The number of ether oxygens (including phenoxy) is 4. The zero-order valence-corrected chi connectivity index (χ0v) is 41.8. The largest absolute Gasteiger partial charge is 0.457 e. The summed E-state index contributed by atoms with van der Waals surface area (Å²) in [4.78, 5) is 12.9. The molecule has 0 bridgehead atoms. The molecule has 1 heterocycles. The van der Waals surface area contributed by atoms with E-state index >= 15 is 0 Å². The van der Waals surface area contributed by atoms with Gasteiger partial charge in [-0.1, -0.05) is 177 Å². The molecule has 6 atom stereocenters. The van der Waals surface area contributed by atoms with Crippen molar-refractivity contribution in [1.29, 1.82) is 0 Å².